The van der Waals surface area contributed by atoms with Crippen LogP contribution in [0.4, 0.5) is 0 Å². The second-order valence-corrected chi connectivity index (χ2v) is 5.84. The van der Waals surface area contributed by atoms with Gasteiger partial charge in [-0.3, -0.25) is 4.79 Å². The maximum atomic E-state index is 12.1. The molecule has 1 N–H and O–H groups in total. The molecule has 0 saturated carbocycles. The Balaban J connectivity index is 2.19. The highest BCUT2D eigenvalue weighted by Crippen LogP contribution is 2.46. The van der Waals surface area contributed by atoms with Crippen molar-refractivity contribution in [3.63, 3.8) is 0 Å². The van der Waals surface area contributed by atoms with Gasteiger partial charge in [0.05, 0.1) is 13.7 Å². The fourth-order valence-electron chi connectivity index (χ4n) is 3.22. The third kappa shape index (κ3) is 3.22. The number of aliphatic carboxylic acids is 1. The number of fused-ring (bicyclic) bond motifs is 1. The quantitative estimate of drug-likeness (QED) is 0.819. The van der Waals surface area contributed by atoms with Crippen LogP contribution in [0.25, 0.3) is 11.1 Å². The lowest BCUT2D eigenvalue weighted by molar-refractivity contribution is -0.139. The van der Waals surface area contributed by atoms with E-state index in [1.165, 1.54) is 7.11 Å². The number of benzene rings is 2. The number of hydrogen-bond donors (Lipinski definition) is 1. The monoisotopic (exact) mass is 356 g/mol. The Morgan fingerprint density at radius 2 is 1.81 bits per heavy atom. The van der Waals surface area contributed by atoms with E-state index in [1.54, 1.807) is 12.1 Å². The molecule has 0 saturated heterocycles. The van der Waals surface area contributed by atoms with E-state index in [0.29, 0.717) is 47.8 Å². The summed E-state index contributed by atoms with van der Waals surface area (Å²) in [6.45, 7) is 1.69. The highest BCUT2D eigenvalue weighted by Gasteiger charge is 2.26. The summed E-state index contributed by atoms with van der Waals surface area (Å²) in [5.41, 5.74) is 3.19. The van der Waals surface area contributed by atoms with Crippen molar-refractivity contribution in [1.29, 1.82) is 0 Å². The van der Waals surface area contributed by atoms with Gasteiger partial charge in [0, 0.05) is 17.5 Å². The molecule has 1 aliphatic carbocycles. The van der Waals surface area contributed by atoms with Gasteiger partial charge in [0.2, 0.25) is 5.75 Å². The second-order valence-electron chi connectivity index (χ2n) is 5.84. The molecule has 0 radical (unpaired) electrons. The number of carbonyl (C=O) groups is 2. The summed E-state index contributed by atoms with van der Waals surface area (Å²) in [7, 11) is 1.51. The minimum atomic E-state index is -1.09. The second kappa shape index (κ2) is 7.47. The maximum Gasteiger partial charge on any atom is 0.341 e. The molecule has 0 unspecified atom stereocenters. The smallest absolute Gasteiger partial charge is 0.341 e. The van der Waals surface area contributed by atoms with E-state index in [-0.39, 0.29) is 5.78 Å². The van der Waals surface area contributed by atoms with E-state index in [9.17, 15) is 9.59 Å². The van der Waals surface area contributed by atoms with Crippen LogP contribution in [0.2, 0.25) is 0 Å². The molecule has 2 aromatic rings. The van der Waals surface area contributed by atoms with Gasteiger partial charge in [-0.2, -0.15) is 0 Å². The van der Waals surface area contributed by atoms with Crippen LogP contribution in [0, 0.1) is 0 Å². The first-order valence-corrected chi connectivity index (χ1v) is 8.40. The molecule has 0 heterocycles. The summed E-state index contributed by atoms with van der Waals surface area (Å²) < 4.78 is 16.6. The van der Waals surface area contributed by atoms with Crippen molar-refractivity contribution in [2.24, 2.45) is 0 Å². The summed E-state index contributed by atoms with van der Waals surface area (Å²) in [6, 6.07) is 9.10. The summed E-state index contributed by atoms with van der Waals surface area (Å²) in [5.74, 6) is 0.153. The summed E-state index contributed by atoms with van der Waals surface area (Å²) in [6.07, 6.45) is 1.13. The van der Waals surface area contributed by atoms with Crippen LogP contribution in [0.15, 0.2) is 30.3 Å². The molecular weight excluding hydrogens is 336 g/mol. The van der Waals surface area contributed by atoms with Crippen LogP contribution in [0.1, 0.15) is 29.3 Å². The molecule has 1 aliphatic rings. The van der Waals surface area contributed by atoms with E-state index >= 15 is 0 Å². The number of Topliss-reactive ketones (excluding diaryl/α,β-unsaturated/α-hetero) is 1. The van der Waals surface area contributed by atoms with Crippen LogP contribution in [0.5, 0.6) is 17.2 Å². The number of carboxylic acids is 1. The van der Waals surface area contributed by atoms with Crippen LogP contribution in [-0.2, 0) is 11.2 Å². The Bertz CT molecular complexity index is 856. The van der Waals surface area contributed by atoms with Gasteiger partial charge in [-0.15, -0.1) is 0 Å². The Labute approximate surface area is 151 Å². The first-order valence-electron chi connectivity index (χ1n) is 8.40. The first kappa shape index (κ1) is 17.8. The van der Waals surface area contributed by atoms with Gasteiger partial charge >= 0.3 is 5.97 Å². The van der Waals surface area contributed by atoms with Crippen LogP contribution in [-0.4, -0.2) is 37.2 Å². The summed E-state index contributed by atoms with van der Waals surface area (Å²) in [5, 5.41) is 9.03. The fraction of sp³-hybridized carbons (Fsp3) is 0.300. The van der Waals surface area contributed by atoms with Crippen molar-refractivity contribution < 1.29 is 28.9 Å². The number of carbonyl (C=O) groups excluding carboxylic acids is 1. The summed E-state index contributed by atoms with van der Waals surface area (Å²) in [4.78, 5) is 23.1. The normalized spacial score (nSPS) is 12.6. The molecule has 26 heavy (non-hydrogen) atoms. The average Bonchev–Trinajstić information content (AvgIpc) is 3.02. The zero-order valence-electron chi connectivity index (χ0n) is 14.7. The maximum absolute atomic E-state index is 12.1. The molecule has 0 atom stereocenters. The molecule has 6 heteroatoms. The fourth-order valence-corrected chi connectivity index (χ4v) is 3.22. The molecular formula is C20H20O6. The number of ether oxygens (including phenoxy) is 3. The van der Waals surface area contributed by atoms with Crippen molar-refractivity contribution in [3.05, 3.63) is 41.5 Å². The highest BCUT2D eigenvalue weighted by atomic mass is 16.5. The highest BCUT2D eigenvalue weighted by molar-refractivity contribution is 6.02. The number of rotatable bonds is 7. The molecule has 2 aromatic carbocycles. The predicted octanol–water partition coefficient (Wildman–Crippen LogP) is 3.35. The van der Waals surface area contributed by atoms with Gasteiger partial charge in [-0.05, 0) is 36.6 Å². The third-order valence-corrected chi connectivity index (χ3v) is 4.29. The number of ketones is 1. The van der Waals surface area contributed by atoms with E-state index in [1.807, 2.05) is 25.1 Å². The Morgan fingerprint density at radius 1 is 1.04 bits per heavy atom. The molecule has 0 aliphatic heterocycles. The largest absolute Gasteiger partial charge is 0.493 e. The standard InChI is InChI=1S/C20H20O6/c1-3-25-20-17(24-2)10-8-15(19(20)26-11-18(22)23)12-5-4-6-14-13(12)7-9-16(14)21/h4-6,8,10H,3,7,9,11H2,1-2H3,(H,22,23). The van der Waals surface area contributed by atoms with Crippen molar-refractivity contribution >= 4 is 11.8 Å². The molecule has 6 nitrogen and oxygen atoms in total. The van der Waals surface area contributed by atoms with Gasteiger partial charge < -0.3 is 19.3 Å². The molecule has 0 amide bonds. The topological polar surface area (TPSA) is 82.1 Å². The van der Waals surface area contributed by atoms with E-state index in [2.05, 4.69) is 0 Å². The minimum absolute atomic E-state index is 0.119. The molecule has 0 fully saturated rings. The summed E-state index contributed by atoms with van der Waals surface area (Å²) >= 11 is 0. The first-order chi connectivity index (χ1) is 12.6. The third-order valence-electron chi connectivity index (χ3n) is 4.29. The van der Waals surface area contributed by atoms with Crippen molar-refractivity contribution in [1.82, 2.24) is 0 Å². The lowest BCUT2D eigenvalue weighted by atomic mass is 9.95. The van der Waals surface area contributed by atoms with Crippen molar-refractivity contribution in [2.75, 3.05) is 20.3 Å². The van der Waals surface area contributed by atoms with E-state index < -0.39 is 12.6 Å². The Kier molecular flexibility index (Phi) is 5.11. The SMILES string of the molecule is CCOc1c(OC)ccc(-c2cccc3c2CCC3=O)c1OCC(=O)O. The van der Waals surface area contributed by atoms with Gasteiger partial charge in [0.1, 0.15) is 0 Å². The number of methoxy groups -OCH3 is 1. The average molecular weight is 356 g/mol. The Morgan fingerprint density at radius 3 is 2.50 bits per heavy atom. The van der Waals surface area contributed by atoms with Gasteiger partial charge in [-0.1, -0.05) is 18.2 Å². The van der Waals surface area contributed by atoms with Crippen molar-refractivity contribution in [2.45, 2.75) is 19.8 Å². The van der Waals surface area contributed by atoms with Crippen LogP contribution < -0.4 is 14.2 Å². The van der Waals surface area contributed by atoms with Gasteiger partial charge in [0.25, 0.3) is 0 Å². The predicted molar refractivity (Wildman–Crippen MR) is 95.4 cm³/mol. The lowest BCUT2D eigenvalue weighted by Crippen LogP contribution is -2.11. The van der Waals surface area contributed by atoms with E-state index in [4.69, 9.17) is 19.3 Å². The zero-order chi connectivity index (χ0) is 18.7. The van der Waals surface area contributed by atoms with Gasteiger partial charge in [-0.25, -0.2) is 4.79 Å². The molecule has 136 valence electrons. The number of hydrogen-bond acceptors (Lipinski definition) is 5. The lowest BCUT2D eigenvalue weighted by Gasteiger charge is -2.19. The number of carboxylic acid groups (broad SMARTS) is 1. The zero-order valence-corrected chi connectivity index (χ0v) is 14.7. The molecule has 0 aromatic heterocycles. The molecule has 0 bridgehead atoms. The van der Waals surface area contributed by atoms with Gasteiger partial charge in [0.15, 0.2) is 23.9 Å². The van der Waals surface area contributed by atoms with E-state index in [0.717, 1.165) is 11.1 Å². The molecule has 3 rings (SSSR count). The molecule has 0 spiro atoms. The van der Waals surface area contributed by atoms with Crippen LogP contribution >= 0.6 is 0 Å². The van der Waals surface area contributed by atoms with Crippen molar-refractivity contribution in [3.8, 4) is 28.4 Å². The minimum Gasteiger partial charge on any atom is -0.493 e. The Hall–Kier alpha value is -3.02. The van der Waals surface area contributed by atoms with Crippen LogP contribution in [0.3, 0.4) is 0 Å².